The maximum atomic E-state index is 14.1. The highest BCUT2D eigenvalue weighted by Gasteiger charge is 2.51. The first-order chi connectivity index (χ1) is 19.8. The summed E-state index contributed by atoms with van der Waals surface area (Å²) < 4.78 is 11.0. The summed E-state index contributed by atoms with van der Waals surface area (Å²) in [5.74, 6) is 1.99. The van der Waals surface area contributed by atoms with E-state index in [1.807, 2.05) is 37.3 Å². The summed E-state index contributed by atoms with van der Waals surface area (Å²) in [7, 11) is 5.32. The highest BCUT2D eigenvalue weighted by atomic mass is 16.5. The van der Waals surface area contributed by atoms with Crippen molar-refractivity contribution in [3.05, 3.63) is 65.0 Å². The molecule has 1 saturated heterocycles. The van der Waals surface area contributed by atoms with Gasteiger partial charge in [0, 0.05) is 36.8 Å². The van der Waals surface area contributed by atoms with E-state index in [9.17, 15) is 9.59 Å². The van der Waals surface area contributed by atoms with E-state index in [-0.39, 0.29) is 17.7 Å². The van der Waals surface area contributed by atoms with E-state index < -0.39 is 5.54 Å². The Morgan fingerprint density at radius 2 is 1.76 bits per heavy atom. The Morgan fingerprint density at radius 3 is 2.41 bits per heavy atom. The van der Waals surface area contributed by atoms with Crippen molar-refractivity contribution >= 4 is 29.1 Å². The molecule has 10 nitrogen and oxygen atoms in total. The standard InChI is InChI=1S/C31H36N6O4/c1-19-15-22(34-27-26(41-4)28(33-18-32-27)35-29(38)21-7-8-21)16-24-25(19)30(39)37(31(24)11-13-36(2)14-12-31)17-20-5-9-23(40-3)10-6-20/h5-6,9-10,15-16,18,21H,7-8,11-14,17H2,1-4H3,(H2,32,33,34,35,38). The van der Waals surface area contributed by atoms with E-state index in [2.05, 4.69) is 43.5 Å². The molecule has 1 spiro atoms. The molecule has 2 aliphatic heterocycles. The molecule has 10 heteroatoms. The number of ether oxygens (including phenoxy) is 2. The Labute approximate surface area is 240 Å². The fourth-order valence-electron chi connectivity index (χ4n) is 6.10. The summed E-state index contributed by atoms with van der Waals surface area (Å²) in [6, 6.07) is 12.0. The van der Waals surface area contributed by atoms with Crippen LogP contribution in [0.15, 0.2) is 42.7 Å². The van der Waals surface area contributed by atoms with E-state index in [1.165, 1.54) is 13.4 Å². The molecule has 3 heterocycles. The van der Waals surface area contributed by atoms with E-state index >= 15 is 0 Å². The van der Waals surface area contributed by atoms with Crippen molar-refractivity contribution in [1.82, 2.24) is 19.8 Å². The summed E-state index contributed by atoms with van der Waals surface area (Å²) in [5.41, 5.74) is 4.17. The Bertz CT molecular complexity index is 1480. The van der Waals surface area contributed by atoms with Crippen molar-refractivity contribution in [2.45, 2.75) is 44.7 Å². The van der Waals surface area contributed by atoms with Gasteiger partial charge in [0.2, 0.25) is 11.7 Å². The lowest BCUT2D eigenvalue weighted by molar-refractivity contribution is -0.117. The number of carbonyl (C=O) groups excluding carboxylic acids is 2. The molecule has 0 atom stereocenters. The van der Waals surface area contributed by atoms with Gasteiger partial charge in [-0.25, -0.2) is 9.97 Å². The van der Waals surface area contributed by atoms with Gasteiger partial charge in [0.05, 0.1) is 19.8 Å². The van der Waals surface area contributed by atoms with E-state index in [4.69, 9.17) is 9.47 Å². The van der Waals surface area contributed by atoms with Crippen molar-refractivity contribution in [1.29, 1.82) is 0 Å². The number of likely N-dealkylation sites (tertiary alicyclic amines) is 1. The lowest BCUT2D eigenvalue weighted by Gasteiger charge is -2.45. The van der Waals surface area contributed by atoms with Crippen LogP contribution in [0.4, 0.5) is 17.3 Å². The van der Waals surface area contributed by atoms with Gasteiger partial charge >= 0.3 is 0 Å². The normalized spacial score (nSPS) is 17.9. The number of nitrogens with one attached hydrogen (secondary N) is 2. The molecule has 1 saturated carbocycles. The molecule has 2 amide bonds. The summed E-state index contributed by atoms with van der Waals surface area (Å²) in [6.45, 7) is 4.30. The minimum absolute atomic E-state index is 0.0366. The number of rotatable bonds is 8. The number of hydrogen-bond donors (Lipinski definition) is 2. The van der Waals surface area contributed by atoms with Crippen molar-refractivity contribution in [2.75, 3.05) is 45.0 Å². The molecule has 0 bridgehead atoms. The maximum Gasteiger partial charge on any atom is 0.255 e. The van der Waals surface area contributed by atoms with Crippen molar-refractivity contribution < 1.29 is 19.1 Å². The molecule has 6 rings (SSSR count). The number of aromatic nitrogens is 2. The van der Waals surface area contributed by atoms with Crippen LogP contribution in [-0.2, 0) is 16.9 Å². The van der Waals surface area contributed by atoms with Crippen LogP contribution in [0, 0.1) is 12.8 Å². The van der Waals surface area contributed by atoms with E-state index in [0.29, 0.717) is 23.9 Å². The summed E-state index contributed by atoms with van der Waals surface area (Å²) >= 11 is 0. The zero-order valence-corrected chi connectivity index (χ0v) is 24.0. The molecule has 1 aliphatic carbocycles. The molecule has 41 heavy (non-hydrogen) atoms. The molecule has 2 aromatic carbocycles. The number of nitrogens with zero attached hydrogens (tertiary/aromatic N) is 4. The van der Waals surface area contributed by atoms with Crippen LogP contribution in [0.1, 0.15) is 52.7 Å². The SMILES string of the molecule is COc1ccc(CN2C(=O)c3c(C)cc(Nc4ncnc(NC(=O)C5CC5)c4OC)cc3C23CCN(C)CC3)cc1. The number of aryl methyl sites for hydroxylation is 1. The monoisotopic (exact) mass is 556 g/mol. The topological polar surface area (TPSA) is 109 Å². The van der Waals surface area contributed by atoms with Crippen molar-refractivity contribution in [3.8, 4) is 11.5 Å². The van der Waals surface area contributed by atoms with Gasteiger partial charge in [-0.3, -0.25) is 9.59 Å². The summed E-state index contributed by atoms with van der Waals surface area (Å²) in [4.78, 5) is 39.5. The number of piperidine rings is 1. The van der Waals surface area contributed by atoms with Crippen LogP contribution < -0.4 is 20.1 Å². The number of benzene rings is 2. The third-order valence-corrected chi connectivity index (χ3v) is 8.59. The van der Waals surface area contributed by atoms with Gasteiger partial charge in [0.15, 0.2) is 11.6 Å². The molecule has 2 fully saturated rings. The zero-order chi connectivity index (χ0) is 28.7. The highest BCUT2D eigenvalue weighted by Crippen LogP contribution is 2.49. The Hall–Kier alpha value is -4.18. The van der Waals surface area contributed by atoms with Crippen molar-refractivity contribution in [2.24, 2.45) is 5.92 Å². The number of anilines is 3. The average molecular weight is 557 g/mol. The van der Waals surface area contributed by atoms with Gasteiger partial charge in [-0.1, -0.05) is 12.1 Å². The second-order valence-corrected chi connectivity index (χ2v) is 11.3. The minimum atomic E-state index is -0.416. The van der Waals surface area contributed by atoms with Gasteiger partial charge in [0.25, 0.3) is 5.91 Å². The number of amides is 2. The van der Waals surface area contributed by atoms with E-state index in [1.54, 1.807) is 7.11 Å². The third kappa shape index (κ3) is 4.97. The lowest BCUT2D eigenvalue weighted by Crippen LogP contribution is -2.50. The van der Waals surface area contributed by atoms with Gasteiger partial charge in [-0.2, -0.15) is 0 Å². The molecule has 3 aliphatic rings. The first kappa shape index (κ1) is 27.0. The molecule has 2 N–H and O–H groups in total. The third-order valence-electron chi connectivity index (χ3n) is 8.59. The predicted octanol–water partition coefficient (Wildman–Crippen LogP) is 4.47. The van der Waals surface area contributed by atoms with Gasteiger partial charge in [0.1, 0.15) is 12.1 Å². The van der Waals surface area contributed by atoms with Crippen LogP contribution in [0.25, 0.3) is 0 Å². The second kappa shape index (κ2) is 10.7. The molecular weight excluding hydrogens is 520 g/mol. The predicted molar refractivity (Wildman–Crippen MR) is 156 cm³/mol. The Morgan fingerprint density at radius 1 is 1.05 bits per heavy atom. The van der Waals surface area contributed by atoms with Crippen LogP contribution in [0.2, 0.25) is 0 Å². The van der Waals surface area contributed by atoms with Crippen LogP contribution in [-0.4, -0.2) is 65.9 Å². The Balaban J connectivity index is 1.35. The van der Waals surface area contributed by atoms with Crippen LogP contribution >= 0.6 is 0 Å². The largest absolute Gasteiger partial charge is 0.497 e. The summed E-state index contributed by atoms with van der Waals surface area (Å²) in [6.07, 6.45) is 4.88. The second-order valence-electron chi connectivity index (χ2n) is 11.3. The summed E-state index contributed by atoms with van der Waals surface area (Å²) in [5, 5.41) is 6.27. The van der Waals surface area contributed by atoms with Crippen LogP contribution in [0.5, 0.6) is 11.5 Å². The average Bonchev–Trinajstić information content (AvgIpc) is 3.80. The van der Waals surface area contributed by atoms with Crippen LogP contribution in [0.3, 0.4) is 0 Å². The van der Waals surface area contributed by atoms with Crippen molar-refractivity contribution in [3.63, 3.8) is 0 Å². The molecule has 0 radical (unpaired) electrons. The highest BCUT2D eigenvalue weighted by molar-refractivity contribution is 6.02. The number of carbonyl (C=O) groups is 2. The van der Waals surface area contributed by atoms with E-state index in [0.717, 1.165) is 72.5 Å². The smallest absolute Gasteiger partial charge is 0.255 e. The minimum Gasteiger partial charge on any atom is -0.497 e. The molecule has 1 aromatic heterocycles. The molecule has 3 aromatic rings. The zero-order valence-electron chi connectivity index (χ0n) is 24.0. The molecule has 0 unspecified atom stereocenters. The molecular formula is C31H36N6O4. The van der Waals surface area contributed by atoms with Gasteiger partial charge in [-0.05, 0) is 80.6 Å². The molecule has 214 valence electrons. The number of methoxy groups -OCH3 is 2. The lowest BCUT2D eigenvalue weighted by atomic mass is 9.79. The number of fused-ring (bicyclic) bond motifs is 2. The quantitative estimate of drug-likeness (QED) is 0.418. The first-order valence-electron chi connectivity index (χ1n) is 14.1. The first-order valence-corrected chi connectivity index (χ1v) is 14.1. The maximum absolute atomic E-state index is 14.1. The Kier molecular flexibility index (Phi) is 7.03. The van der Waals surface area contributed by atoms with Gasteiger partial charge < -0.3 is 29.9 Å². The fraction of sp³-hybridized carbons (Fsp3) is 0.419. The fourth-order valence-corrected chi connectivity index (χ4v) is 6.10. The van der Waals surface area contributed by atoms with Gasteiger partial charge in [-0.15, -0.1) is 0 Å². The number of hydrogen-bond acceptors (Lipinski definition) is 8.